The van der Waals surface area contributed by atoms with E-state index in [-0.39, 0.29) is 5.91 Å². The monoisotopic (exact) mass is 391 g/mol. The third-order valence-corrected chi connectivity index (χ3v) is 6.40. The lowest BCUT2D eigenvalue weighted by Gasteiger charge is -2.44. The predicted molar refractivity (Wildman–Crippen MR) is 102 cm³/mol. The summed E-state index contributed by atoms with van der Waals surface area (Å²) in [6.07, 6.45) is 7.37. The number of carbonyl (C=O) groups excluding carboxylic acids is 1. The summed E-state index contributed by atoms with van der Waals surface area (Å²) < 4.78 is 5.68. The molecule has 0 radical (unpaired) electrons. The highest BCUT2D eigenvalue weighted by Crippen LogP contribution is 2.35. The van der Waals surface area contributed by atoms with E-state index >= 15 is 0 Å². The number of amides is 1. The molecule has 1 aromatic heterocycles. The minimum absolute atomic E-state index is 0.189. The minimum Gasteiger partial charge on any atom is -0.411 e. The van der Waals surface area contributed by atoms with Crippen molar-refractivity contribution in [1.29, 1.82) is 0 Å². The Bertz CT molecular complexity index is 780. The lowest BCUT2D eigenvalue weighted by Crippen LogP contribution is -2.50. The van der Waals surface area contributed by atoms with E-state index in [1.54, 1.807) is 12.1 Å². The molecule has 2 aliphatic rings. The number of fused-ring (bicyclic) bond motifs is 1. The summed E-state index contributed by atoms with van der Waals surface area (Å²) in [5.74, 6) is 1.66. The number of aromatic nitrogens is 2. The number of halogens is 1. The van der Waals surface area contributed by atoms with Crippen LogP contribution in [0.5, 0.6) is 0 Å². The second-order valence-corrected chi connectivity index (χ2v) is 8.38. The Hall–Kier alpha value is -1.53. The molecular formula is C19H22ClN3O2S. The Morgan fingerprint density at radius 3 is 2.96 bits per heavy atom. The van der Waals surface area contributed by atoms with Crippen LogP contribution >= 0.6 is 23.4 Å². The second kappa shape index (κ2) is 8.01. The SMILES string of the molecule is O=C(CSc1nnc(-c2cccc(Cl)c2)o1)N1CCC[C@H]2CCCC[C@@H]21. The van der Waals surface area contributed by atoms with Crippen molar-refractivity contribution in [2.24, 2.45) is 5.92 Å². The van der Waals surface area contributed by atoms with Gasteiger partial charge in [-0.15, -0.1) is 10.2 Å². The molecule has 1 saturated carbocycles. The van der Waals surface area contributed by atoms with Crippen molar-refractivity contribution >= 4 is 29.3 Å². The number of thioether (sulfide) groups is 1. The molecule has 2 fully saturated rings. The number of nitrogens with zero attached hydrogens (tertiary/aromatic N) is 3. The van der Waals surface area contributed by atoms with Crippen LogP contribution in [-0.4, -0.2) is 39.3 Å². The highest BCUT2D eigenvalue weighted by molar-refractivity contribution is 7.99. The zero-order chi connectivity index (χ0) is 17.9. The molecule has 1 aliphatic heterocycles. The van der Waals surface area contributed by atoms with Gasteiger partial charge in [-0.3, -0.25) is 4.79 Å². The van der Waals surface area contributed by atoms with Crippen LogP contribution in [-0.2, 0) is 4.79 Å². The first-order valence-electron chi connectivity index (χ1n) is 9.22. The van der Waals surface area contributed by atoms with Gasteiger partial charge in [0.05, 0.1) is 5.75 Å². The molecule has 0 unspecified atom stereocenters. The van der Waals surface area contributed by atoms with E-state index in [0.29, 0.717) is 33.8 Å². The van der Waals surface area contributed by atoms with Crippen molar-refractivity contribution in [2.75, 3.05) is 12.3 Å². The molecule has 5 nitrogen and oxygen atoms in total. The molecule has 2 atom stereocenters. The fourth-order valence-electron chi connectivity index (χ4n) is 4.15. The van der Waals surface area contributed by atoms with Gasteiger partial charge in [-0.05, 0) is 49.8 Å². The molecule has 1 aliphatic carbocycles. The van der Waals surface area contributed by atoms with Gasteiger partial charge < -0.3 is 9.32 Å². The maximum absolute atomic E-state index is 12.7. The molecule has 0 N–H and O–H groups in total. The van der Waals surface area contributed by atoms with Crippen molar-refractivity contribution in [3.8, 4) is 11.5 Å². The Morgan fingerprint density at radius 2 is 2.08 bits per heavy atom. The van der Waals surface area contributed by atoms with Crippen LogP contribution in [0, 0.1) is 5.92 Å². The molecule has 2 heterocycles. The standard InChI is InChI=1S/C19H22ClN3O2S/c20-15-8-3-6-14(11-15)18-21-22-19(25-18)26-12-17(24)23-10-4-7-13-5-1-2-9-16(13)23/h3,6,8,11,13,16H,1-2,4-5,7,9-10,12H2/t13-,16+/m1/s1. The van der Waals surface area contributed by atoms with Crippen molar-refractivity contribution in [1.82, 2.24) is 15.1 Å². The predicted octanol–water partition coefficient (Wildman–Crippen LogP) is 4.66. The highest BCUT2D eigenvalue weighted by atomic mass is 35.5. The van der Waals surface area contributed by atoms with Gasteiger partial charge in [-0.25, -0.2) is 0 Å². The van der Waals surface area contributed by atoms with E-state index in [9.17, 15) is 4.79 Å². The summed E-state index contributed by atoms with van der Waals surface area (Å²) in [5, 5.41) is 9.16. The zero-order valence-electron chi connectivity index (χ0n) is 14.6. The topological polar surface area (TPSA) is 59.2 Å². The summed E-state index contributed by atoms with van der Waals surface area (Å²) in [7, 11) is 0. The summed E-state index contributed by atoms with van der Waals surface area (Å²) in [6, 6.07) is 7.74. The molecule has 138 valence electrons. The summed E-state index contributed by atoms with van der Waals surface area (Å²) in [4.78, 5) is 14.9. The third-order valence-electron chi connectivity index (χ3n) is 5.36. The Morgan fingerprint density at radius 1 is 1.23 bits per heavy atom. The van der Waals surface area contributed by atoms with Crippen LogP contribution in [0.2, 0.25) is 5.02 Å². The lowest BCUT2D eigenvalue weighted by atomic mass is 9.78. The average molecular weight is 392 g/mol. The molecule has 0 spiro atoms. The quantitative estimate of drug-likeness (QED) is 0.709. The van der Waals surface area contributed by atoms with Crippen LogP contribution < -0.4 is 0 Å². The van der Waals surface area contributed by atoms with Gasteiger partial charge in [0.15, 0.2) is 0 Å². The summed E-state index contributed by atoms with van der Waals surface area (Å²) >= 11 is 7.32. The van der Waals surface area contributed by atoms with Crippen LogP contribution in [0.15, 0.2) is 33.9 Å². The number of hydrogen-bond donors (Lipinski definition) is 0. The fraction of sp³-hybridized carbons (Fsp3) is 0.526. The van der Waals surface area contributed by atoms with Gasteiger partial charge in [0.2, 0.25) is 11.8 Å². The minimum atomic E-state index is 0.189. The summed E-state index contributed by atoms with van der Waals surface area (Å²) in [6.45, 7) is 0.887. The Balaban J connectivity index is 1.37. The van der Waals surface area contributed by atoms with Gasteiger partial charge in [-0.1, -0.05) is 42.3 Å². The van der Waals surface area contributed by atoms with Crippen LogP contribution in [0.4, 0.5) is 0 Å². The second-order valence-electron chi connectivity index (χ2n) is 7.01. The number of likely N-dealkylation sites (tertiary alicyclic amines) is 1. The van der Waals surface area contributed by atoms with E-state index in [2.05, 4.69) is 15.1 Å². The first-order chi connectivity index (χ1) is 12.7. The van der Waals surface area contributed by atoms with Crippen LogP contribution in [0.1, 0.15) is 38.5 Å². The largest absolute Gasteiger partial charge is 0.411 e. The van der Waals surface area contributed by atoms with Gasteiger partial charge in [0.25, 0.3) is 5.22 Å². The molecular weight excluding hydrogens is 370 g/mol. The number of hydrogen-bond acceptors (Lipinski definition) is 5. The Kier molecular flexibility index (Phi) is 5.50. The van der Waals surface area contributed by atoms with Crippen molar-refractivity contribution in [3.05, 3.63) is 29.3 Å². The molecule has 1 saturated heterocycles. The van der Waals surface area contributed by atoms with Gasteiger partial charge in [0, 0.05) is 23.2 Å². The number of carbonyl (C=O) groups is 1. The number of piperidine rings is 1. The molecule has 1 aromatic carbocycles. The molecule has 26 heavy (non-hydrogen) atoms. The maximum atomic E-state index is 12.7. The van der Waals surface area contributed by atoms with E-state index in [1.807, 2.05) is 12.1 Å². The number of rotatable bonds is 4. The van der Waals surface area contributed by atoms with E-state index < -0.39 is 0 Å². The average Bonchev–Trinajstić information content (AvgIpc) is 3.15. The van der Waals surface area contributed by atoms with Crippen LogP contribution in [0.25, 0.3) is 11.5 Å². The van der Waals surface area contributed by atoms with Crippen molar-refractivity contribution < 1.29 is 9.21 Å². The smallest absolute Gasteiger partial charge is 0.277 e. The molecule has 1 amide bonds. The van der Waals surface area contributed by atoms with Crippen molar-refractivity contribution in [3.63, 3.8) is 0 Å². The van der Waals surface area contributed by atoms with Gasteiger partial charge >= 0.3 is 0 Å². The zero-order valence-corrected chi connectivity index (χ0v) is 16.1. The van der Waals surface area contributed by atoms with E-state index in [1.165, 1.54) is 37.4 Å². The fourth-order valence-corrected chi connectivity index (χ4v) is 4.99. The van der Waals surface area contributed by atoms with Crippen molar-refractivity contribution in [2.45, 2.75) is 49.8 Å². The first kappa shape index (κ1) is 17.9. The molecule has 0 bridgehead atoms. The van der Waals surface area contributed by atoms with E-state index in [4.69, 9.17) is 16.0 Å². The summed E-state index contributed by atoms with van der Waals surface area (Å²) in [5.41, 5.74) is 0.782. The normalized spacial score (nSPS) is 22.9. The third kappa shape index (κ3) is 3.91. The van der Waals surface area contributed by atoms with E-state index in [0.717, 1.165) is 24.9 Å². The Labute approximate surface area is 162 Å². The van der Waals surface area contributed by atoms with Crippen LogP contribution in [0.3, 0.4) is 0 Å². The van der Waals surface area contributed by atoms with Gasteiger partial charge in [-0.2, -0.15) is 0 Å². The molecule has 4 rings (SSSR count). The van der Waals surface area contributed by atoms with Gasteiger partial charge in [0.1, 0.15) is 0 Å². The molecule has 2 aromatic rings. The lowest BCUT2D eigenvalue weighted by molar-refractivity contribution is -0.134. The first-order valence-corrected chi connectivity index (χ1v) is 10.6. The maximum Gasteiger partial charge on any atom is 0.277 e. The number of benzene rings is 1. The molecule has 7 heteroatoms. The highest BCUT2D eigenvalue weighted by Gasteiger charge is 2.35.